The zero-order valence-corrected chi connectivity index (χ0v) is 22.2. The minimum Gasteiger partial charge on any atom is -0.366 e. The van der Waals surface area contributed by atoms with E-state index in [2.05, 4.69) is 39.0 Å². The Morgan fingerprint density at radius 2 is 1.50 bits per heavy atom. The highest BCUT2D eigenvalue weighted by Crippen LogP contribution is 2.25. The third-order valence-electron chi connectivity index (χ3n) is 6.76. The largest absolute Gasteiger partial charge is 0.366 e. The maximum absolute atomic E-state index is 14.1. The van der Waals surface area contributed by atoms with Gasteiger partial charge in [0.05, 0.1) is 5.69 Å². The molecule has 0 bridgehead atoms. The van der Waals surface area contributed by atoms with E-state index in [0.717, 1.165) is 35.3 Å². The Bertz CT molecular complexity index is 1320. The summed E-state index contributed by atoms with van der Waals surface area (Å²) in [5.41, 5.74) is 2.87. The van der Waals surface area contributed by atoms with Crippen molar-refractivity contribution >= 4 is 23.4 Å². The van der Waals surface area contributed by atoms with Crippen LogP contribution in [0.5, 0.6) is 0 Å². The number of aromatic nitrogens is 3. The molecule has 196 valence electrons. The molecule has 6 nitrogen and oxygen atoms in total. The number of nitrogens with zero attached hydrogens (tertiary/aromatic N) is 5. The van der Waals surface area contributed by atoms with Gasteiger partial charge < -0.3 is 9.80 Å². The molecule has 0 unspecified atom stereocenters. The summed E-state index contributed by atoms with van der Waals surface area (Å²) in [5.74, 6) is 1.75. The van der Waals surface area contributed by atoms with Crippen molar-refractivity contribution in [2.75, 3.05) is 36.8 Å². The molecule has 0 radical (unpaired) electrons. The third-order valence-corrected chi connectivity index (χ3v) is 7.78. The minimum atomic E-state index is -0.208. The predicted octanol–water partition coefficient (Wildman–Crippen LogP) is 5.61. The van der Waals surface area contributed by atoms with Crippen molar-refractivity contribution in [2.45, 2.75) is 30.8 Å². The number of halogens is 1. The monoisotopic (exact) mass is 529 g/mol. The first-order valence-corrected chi connectivity index (χ1v) is 14.1. The number of carbonyl (C=O) groups excluding carboxylic acids is 1. The van der Waals surface area contributed by atoms with Crippen LogP contribution in [0.2, 0.25) is 0 Å². The zero-order chi connectivity index (χ0) is 26.2. The van der Waals surface area contributed by atoms with E-state index in [-0.39, 0.29) is 11.7 Å². The van der Waals surface area contributed by atoms with Gasteiger partial charge in [0.15, 0.2) is 5.16 Å². The molecule has 1 amide bonds. The fraction of sp³-hybridized carbons (Fsp3) is 0.300. The number of benzene rings is 3. The quantitative estimate of drug-likeness (QED) is 0.198. The number of hydrogen-bond donors (Lipinski definition) is 0. The Balaban J connectivity index is 1.11. The molecule has 5 rings (SSSR count). The Labute approximate surface area is 227 Å². The lowest BCUT2D eigenvalue weighted by molar-refractivity contribution is -0.131. The second-order valence-electron chi connectivity index (χ2n) is 9.36. The summed E-state index contributed by atoms with van der Waals surface area (Å²) in [6.07, 6.45) is 2.99. The molecule has 8 heteroatoms. The second-order valence-corrected chi connectivity index (χ2v) is 10.4. The number of para-hydroxylation sites is 2. The van der Waals surface area contributed by atoms with Crippen LogP contribution in [0.3, 0.4) is 0 Å². The molecule has 1 aromatic heterocycles. The second kappa shape index (κ2) is 12.7. The van der Waals surface area contributed by atoms with Gasteiger partial charge in [0.25, 0.3) is 0 Å². The highest BCUT2D eigenvalue weighted by Gasteiger charge is 2.22. The molecule has 1 aliphatic heterocycles. The highest BCUT2D eigenvalue weighted by molar-refractivity contribution is 7.99. The summed E-state index contributed by atoms with van der Waals surface area (Å²) in [7, 11) is 0. The molecule has 2 heterocycles. The molecule has 0 N–H and O–H groups in total. The Morgan fingerprint density at radius 1 is 0.816 bits per heavy atom. The van der Waals surface area contributed by atoms with E-state index in [1.807, 2.05) is 52.3 Å². The molecule has 3 aromatic carbocycles. The van der Waals surface area contributed by atoms with Crippen LogP contribution in [0.15, 0.2) is 90.1 Å². The molecule has 1 aliphatic rings. The lowest BCUT2D eigenvalue weighted by atomic mass is 10.1. The molecule has 0 spiro atoms. The van der Waals surface area contributed by atoms with Gasteiger partial charge in [0.1, 0.15) is 11.6 Å². The summed E-state index contributed by atoms with van der Waals surface area (Å²) in [6.45, 7) is 2.57. The van der Waals surface area contributed by atoms with Crippen LogP contribution in [0.1, 0.15) is 30.7 Å². The van der Waals surface area contributed by atoms with Crippen LogP contribution in [0.25, 0.3) is 5.69 Å². The first-order chi connectivity index (χ1) is 18.7. The molecular formula is C30H32FN5OS. The van der Waals surface area contributed by atoms with Crippen molar-refractivity contribution in [1.29, 1.82) is 0 Å². The maximum atomic E-state index is 14.1. The first-order valence-electron chi connectivity index (χ1n) is 13.1. The number of carbonyl (C=O) groups is 1. The highest BCUT2D eigenvalue weighted by atomic mass is 32.2. The van der Waals surface area contributed by atoms with Crippen molar-refractivity contribution in [3.05, 3.63) is 102 Å². The summed E-state index contributed by atoms with van der Waals surface area (Å²) in [5, 5.41) is 9.89. The summed E-state index contributed by atoms with van der Waals surface area (Å²) in [6, 6.07) is 27.3. The number of amides is 1. The summed E-state index contributed by atoms with van der Waals surface area (Å²) < 4.78 is 16.2. The summed E-state index contributed by atoms with van der Waals surface area (Å²) in [4.78, 5) is 16.7. The normalized spacial score (nSPS) is 13.6. The topological polar surface area (TPSA) is 54.3 Å². The fourth-order valence-corrected chi connectivity index (χ4v) is 5.70. The Hall–Kier alpha value is -3.65. The van der Waals surface area contributed by atoms with Crippen LogP contribution in [-0.2, 0) is 11.2 Å². The van der Waals surface area contributed by atoms with E-state index in [0.29, 0.717) is 44.7 Å². The fourth-order valence-electron chi connectivity index (χ4n) is 4.73. The van der Waals surface area contributed by atoms with Crippen LogP contribution in [0.4, 0.5) is 10.1 Å². The maximum Gasteiger partial charge on any atom is 0.222 e. The van der Waals surface area contributed by atoms with Gasteiger partial charge in [0.2, 0.25) is 5.91 Å². The van der Waals surface area contributed by atoms with E-state index in [9.17, 15) is 9.18 Å². The average Bonchev–Trinajstić information content (AvgIpc) is 3.36. The Morgan fingerprint density at radius 3 is 2.24 bits per heavy atom. The number of thioether (sulfide) groups is 1. The van der Waals surface area contributed by atoms with Gasteiger partial charge in [-0.2, -0.15) is 0 Å². The van der Waals surface area contributed by atoms with E-state index in [1.165, 1.54) is 11.6 Å². The lowest BCUT2D eigenvalue weighted by Gasteiger charge is -2.36. The van der Waals surface area contributed by atoms with E-state index < -0.39 is 0 Å². The van der Waals surface area contributed by atoms with Gasteiger partial charge in [0, 0.05) is 50.5 Å². The number of hydrogen-bond acceptors (Lipinski definition) is 5. The lowest BCUT2D eigenvalue weighted by Crippen LogP contribution is -2.49. The van der Waals surface area contributed by atoms with Crippen LogP contribution < -0.4 is 4.90 Å². The molecular weight excluding hydrogens is 497 g/mol. The first kappa shape index (κ1) is 26.0. The van der Waals surface area contributed by atoms with Gasteiger partial charge in [-0.15, -0.1) is 10.2 Å². The molecule has 1 saturated heterocycles. The van der Waals surface area contributed by atoms with Crippen molar-refractivity contribution in [3.63, 3.8) is 0 Å². The predicted molar refractivity (Wildman–Crippen MR) is 150 cm³/mol. The van der Waals surface area contributed by atoms with Crippen molar-refractivity contribution in [1.82, 2.24) is 19.7 Å². The molecule has 0 aliphatic carbocycles. The van der Waals surface area contributed by atoms with Crippen LogP contribution in [-0.4, -0.2) is 57.5 Å². The van der Waals surface area contributed by atoms with E-state index in [4.69, 9.17) is 0 Å². The molecule has 38 heavy (non-hydrogen) atoms. The number of rotatable bonds is 10. The van der Waals surface area contributed by atoms with Gasteiger partial charge in [-0.1, -0.05) is 72.4 Å². The van der Waals surface area contributed by atoms with Crippen molar-refractivity contribution in [2.24, 2.45) is 0 Å². The molecule has 4 aromatic rings. The SMILES string of the molecule is O=C(CCCCSc1nnc(Cc2ccccc2)n1-c1ccccc1)N1CCN(c2ccccc2F)CC1. The number of anilines is 1. The molecule has 0 saturated carbocycles. The van der Waals surface area contributed by atoms with Gasteiger partial charge in [-0.3, -0.25) is 9.36 Å². The van der Waals surface area contributed by atoms with Crippen LogP contribution in [0, 0.1) is 5.82 Å². The minimum absolute atomic E-state index is 0.181. The number of unbranched alkanes of at least 4 members (excludes halogenated alkanes) is 1. The smallest absolute Gasteiger partial charge is 0.222 e. The van der Waals surface area contributed by atoms with Gasteiger partial charge in [-0.05, 0) is 42.7 Å². The number of piperazine rings is 1. The molecule has 0 atom stereocenters. The van der Waals surface area contributed by atoms with E-state index >= 15 is 0 Å². The zero-order valence-electron chi connectivity index (χ0n) is 21.4. The summed E-state index contributed by atoms with van der Waals surface area (Å²) >= 11 is 1.68. The van der Waals surface area contributed by atoms with Crippen molar-refractivity contribution < 1.29 is 9.18 Å². The van der Waals surface area contributed by atoms with Crippen LogP contribution >= 0.6 is 11.8 Å². The van der Waals surface area contributed by atoms with E-state index in [1.54, 1.807) is 23.9 Å². The van der Waals surface area contributed by atoms with Gasteiger partial charge >= 0.3 is 0 Å². The van der Waals surface area contributed by atoms with Gasteiger partial charge in [-0.25, -0.2) is 4.39 Å². The van der Waals surface area contributed by atoms with Crippen molar-refractivity contribution in [3.8, 4) is 5.69 Å². The third kappa shape index (κ3) is 6.42. The molecule has 1 fully saturated rings. The standard InChI is InChI=1S/C30H32FN5OS/c31-26-15-7-8-16-27(26)34-18-20-35(21-19-34)29(37)17-9-10-22-38-30-33-32-28(23-24-11-3-1-4-12-24)36(30)25-13-5-2-6-14-25/h1-8,11-16H,9-10,17-23H2. The average molecular weight is 530 g/mol. The Kier molecular flexibility index (Phi) is 8.71.